The van der Waals surface area contributed by atoms with Gasteiger partial charge in [-0.3, -0.25) is 0 Å². The van der Waals surface area contributed by atoms with E-state index in [0.717, 1.165) is 12.5 Å². The Labute approximate surface area is 112 Å². The summed E-state index contributed by atoms with van der Waals surface area (Å²) in [6.07, 6.45) is 13.5. The molecule has 0 amide bonds. The first-order valence-electron chi connectivity index (χ1n) is 8.18. The molecule has 3 aliphatic rings. The third kappa shape index (κ3) is 2.22. The molecule has 0 aromatic carbocycles. The molecule has 2 nitrogen and oxygen atoms in total. The van der Waals surface area contributed by atoms with Gasteiger partial charge in [-0.05, 0) is 57.4 Å². The van der Waals surface area contributed by atoms with E-state index in [2.05, 4.69) is 12.2 Å². The predicted molar refractivity (Wildman–Crippen MR) is 74.8 cm³/mol. The fraction of sp³-hybridized carbons (Fsp3) is 1.00. The van der Waals surface area contributed by atoms with Crippen LogP contribution in [0.1, 0.15) is 71.1 Å². The van der Waals surface area contributed by atoms with Gasteiger partial charge in [0.2, 0.25) is 0 Å². The minimum atomic E-state index is 0.286. The summed E-state index contributed by atoms with van der Waals surface area (Å²) >= 11 is 0. The van der Waals surface area contributed by atoms with Gasteiger partial charge in [0.15, 0.2) is 0 Å². The second-order valence-corrected chi connectivity index (χ2v) is 6.86. The number of ether oxygens (including phenoxy) is 1. The van der Waals surface area contributed by atoms with E-state index in [9.17, 15) is 0 Å². The van der Waals surface area contributed by atoms with E-state index in [1.165, 1.54) is 70.8 Å². The Morgan fingerprint density at radius 2 is 2.00 bits per heavy atom. The third-order valence-electron chi connectivity index (χ3n) is 5.76. The van der Waals surface area contributed by atoms with Crippen molar-refractivity contribution in [3.8, 4) is 0 Å². The van der Waals surface area contributed by atoms with Crippen molar-refractivity contribution >= 4 is 0 Å². The zero-order chi connectivity index (χ0) is 12.5. The standard InChI is InChI=1S/C16H29NO/c1-2-7-16(10-5-11-17-16)14-6-12-18-15(13-14)8-3-4-9-15/h14,17H,2-13H2,1H3. The van der Waals surface area contributed by atoms with Gasteiger partial charge in [0.05, 0.1) is 5.60 Å². The molecule has 0 aromatic rings. The molecular formula is C16H29NO. The highest BCUT2D eigenvalue weighted by Gasteiger charge is 2.48. The van der Waals surface area contributed by atoms with Crippen LogP contribution in [0, 0.1) is 5.92 Å². The lowest BCUT2D eigenvalue weighted by molar-refractivity contribution is -0.107. The van der Waals surface area contributed by atoms with Crippen molar-refractivity contribution in [3.63, 3.8) is 0 Å². The molecule has 2 unspecified atom stereocenters. The van der Waals surface area contributed by atoms with E-state index in [1.807, 2.05) is 0 Å². The van der Waals surface area contributed by atoms with Crippen molar-refractivity contribution in [1.29, 1.82) is 0 Å². The molecular weight excluding hydrogens is 222 g/mol. The van der Waals surface area contributed by atoms with Gasteiger partial charge < -0.3 is 10.1 Å². The summed E-state index contributed by atoms with van der Waals surface area (Å²) in [4.78, 5) is 0. The van der Waals surface area contributed by atoms with E-state index in [4.69, 9.17) is 4.74 Å². The summed E-state index contributed by atoms with van der Waals surface area (Å²) in [6, 6.07) is 0. The summed E-state index contributed by atoms with van der Waals surface area (Å²) in [5.41, 5.74) is 0.752. The van der Waals surface area contributed by atoms with Crippen LogP contribution in [0.3, 0.4) is 0 Å². The average Bonchev–Trinajstić information content (AvgIpc) is 3.01. The number of hydrogen-bond acceptors (Lipinski definition) is 2. The van der Waals surface area contributed by atoms with Crippen LogP contribution in [0.2, 0.25) is 0 Å². The fourth-order valence-corrected chi connectivity index (χ4v) is 4.91. The molecule has 0 radical (unpaired) electrons. The highest BCUT2D eigenvalue weighted by atomic mass is 16.5. The summed E-state index contributed by atoms with van der Waals surface area (Å²) in [5.74, 6) is 0.867. The van der Waals surface area contributed by atoms with E-state index in [1.54, 1.807) is 0 Å². The van der Waals surface area contributed by atoms with E-state index in [0.29, 0.717) is 5.54 Å². The molecule has 0 aromatic heterocycles. The monoisotopic (exact) mass is 251 g/mol. The molecule has 2 heterocycles. The SMILES string of the molecule is CCCC1(C2CCOC3(CCCC3)C2)CCCN1. The van der Waals surface area contributed by atoms with E-state index < -0.39 is 0 Å². The molecule has 3 fully saturated rings. The Bertz CT molecular complexity index is 277. The summed E-state index contributed by atoms with van der Waals surface area (Å²) in [7, 11) is 0. The molecule has 104 valence electrons. The molecule has 1 spiro atoms. The molecule has 2 saturated heterocycles. The quantitative estimate of drug-likeness (QED) is 0.826. The van der Waals surface area contributed by atoms with E-state index >= 15 is 0 Å². The maximum atomic E-state index is 6.21. The van der Waals surface area contributed by atoms with Crippen LogP contribution in [-0.4, -0.2) is 24.3 Å². The van der Waals surface area contributed by atoms with Crippen molar-refractivity contribution in [2.75, 3.05) is 13.2 Å². The lowest BCUT2D eigenvalue weighted by Gasteiger charge is -2.46. The van der Waals surface area contributed by atoms with Crippen LogP contribution in [0.15, 0.2) is 0 Å². The first-order chi connectivity index (χ1) is 8.79. The Kier molecular flexibility index (Phi) is 3.68. The highest BCUT2D eigenvalue weighted by Crippen LogP contribution is 2.47. The first kappa shape index (κ1) is 12.9. The molecule has 2 aliphatic heterocycles. The van der Waals surface area contributed by atoms with Gasteiger partial charge in [-0.1, -0.05) is 26.2 Å². The normalized spacial score (nSPS) is 39.5. The minimum absolute atomic E-state index is 0.286. The molecule has 1 aliphatic carbocycles. The largest absolute Gasteiger partial charge is 0.375 e. The Balaban J connectivity index is 1.73. The average molecular weight is 251 g/mol. The molecule has 0 bridgehead atoms. The molecule has 1 saturated carbocycles. The third-order valence-corrected chi connectivity index (χ3v) is 5.76. The lowest BCUT2D eigenvalue weighted by Crippen LogP contribution is -2.52. The second-order valence-electron chi connectivity index (χ2n) is 6.86. The number of nitrogens with one attached hydrogen (secondary N) is 1. The van der Waals surface area contributed by atoms with Gasteiger partial charge >= 0.3 is 0 Å². The maximum Gasteiger partial charge on any atom is 0.0685 e. The van der Waals surface area contributed by atoms with Crippen LogP contribution < -0.4 is 5.32 Å². The van der Waals surface area contributed by atoms with Gasteiger partial charge in [-0.25, -0.2) is 0 Å². The van der Waals surface area contributed by atoms with Gasteiger partial charge in [-0.2, -0.15) is 0 Å². The van der Waals surface area contributed by atoms with Crippen LogP contribution in [0.25, 0.3) is 0 Å². The smallest absolute Gasteiger partial charge is 0.0685 e. The predicted octanol–water partition coefficient (Wildman–Crippen LogP) is 3.65. The van der Waals surface area contributed by atoms with Crippen molar-refractivity contribution in [3.05, 3.63) is 0 Å². The van der Waals surface area contributed by atoms with Crippen LogP contribution >= 0.6 is 0 Å². The molecule has 18 heavy (non-hydrogen) atoms. The zero-order valence-corrected chi connectivity index (χ0v) is 12.0. The topological polar surface area (TPSA) is 21.3 Å². The fourth-order valence-electron chi connectivity index (χ4n) is 4.91. The van der Waals surface area contributed by atoms with Crippen molar-refractivity contribution in [2.24, 2.45) is 5.92 Å². The van der Waals surface area contributed by atoms with Crippen LogP contribution in [0.5, 0.6) is 0 Å². The first-order valence-corrected chi connectivity index (χ1v) is 8.18. The number of rotatable bonds is 3. The second kappa shape index (κ2) is 5.13. The Morgan fingerprint density at radius 1 is 1.17 bits per heavy atom. The Morgan fingerprint density at radius 3 is 2.67 bits per heavy atom. The van der Waals surface area contributed by atoms with Gasteiger partial charge in [0.25, 0.3) is 0 Å². The summed E-state index contributed by atoms with van der Waals surface area (Å²) in [6.45, 7) is 4.59. The number of hydrogen-bond donors (Lipinski definition) is 1. The van der Waals surface area contributed by atoms with Crippen molar-refractivity contribution < 1.29 is 4.74 Å². The van der Waals surface area contributed by atoms with Gasteiger partial charge in [0, 0.05) is 12.1 Å². The Hall–Kier alpha value is -0.0800. The van der Waals surface area contributed by atoms with Crippen molar-refractivity contribution in [2.45, 2.75) is 82.3 Å². The molecule has 3 rings (SSSR count). The molecule has 2 atom stereocenters. The van der Waals surface area contributed by atoms with Gasteiger partial charge in [-0.15, -0.1) is 0 Å². The minimum Gasteiger partial charge on any atom is -0.375 e. The summed E-state index contributed by atoms with van der Waals surface area (Å²) in [5, 5.41) is 3.89. The maximum absolute atomic E-state index is 6.21. The zero-order valence-electron chi connectivity index (χ0n) is 12.0. The van der Waals surface area contributed by atoms with Crippen molar-refractivity contribution in [1.82, 2.24) is 5.32 Å². The van der Waals surface area contributed by atoms with E-state index in [-0.39, 0.29) is 5.60 Å². The summed E-state index contributed by atoms with van der Waals surface area (Å²) < 4.78 is 6.21. The lowest BCUT2D eigenvalue weighted by atomic mass is 9.70. The molecule has 2 heteroatoms. The molecule has 1 N–H and O–H groups in total. The van der Waals surface area contributed by atoms with Gasteiger partial charge in [0.1, 0.15) is 0 Å². The highest BCUT2D eigenvalue weighted by molar-refractivity contribution is 5.03. The van der Waals surface area contributed by atoms with Crippen LogP contribution in [0.4, 0.5) is 0 Å². The van der Waals surface area contributed by atoms with Crippen LogP contribution in [-0.2, 0) is 4.74 Å².